The molecule has 0 unspecified atom stereocenters. The molecule has 2 heterocycles. The van der Waals surface area contributed by atoms with Crippen molar-refractivity contribution in [2.24, 2.45) is 0 Å². The summed E-state index contributed by atoms with van der Waals surface area (Å²) in [7, 11) is 1.78. The van der Waals surface area contributed by atoms with Crippen molar-refractivity contribution in [3.8, 4) is 11.5 Å². The second kappa shape index (κ2) is 9.43. The number of carbonyl (C=O) groups excluding carboxylic acids is 1. The van der Waals surface area contributed by atoms with Crippen molar-refractivity contribution in [3.05, 3.63) is 106 Å². The van der Waals surface area contributed by atoms with Crippen molar-refractivity contribution in [2.75, 3.05) is 31.9 Å². The summed E-state index contributed by atoms with van der Waals surface area (Å²) in [6.07, 6.45) is 5.99. The first-order valence-corrected chi connectivity index (χ1v) is 10.4. The number of nitrogens with zero attached hydrogens (tertiary/aromatic N) is 3. The Hall–Kier alpha value is -4.00. The Morgan fingerprint density at radius 1 is 1.00 bits per heavy atom. The molecule has 0 radical (unpaired) electrons. The molecule has 3 aromatic rings. The van der Waals surface area contributed by atoms with Gasteiger partial charge in [0.25, 0.3) is 5.91 Å². The third-order valence-electron chi connectivity index (χ3n) is 5.32. The molecule has 0 saturated carbocycles. The summed E-state index contributed by atoms with van der Waals surface area (Å²) in [5, 5.41) is 11.8. The van der Waals surface area contributed by atoms with Gasteiger partial charge >= 0.3 is 0 Å². The van der Waals surface area contributed by atoms with Crippen LogP contribution in [0.1, 0.15) is 21.6 Å². The van der Waals surface area contributed by atoms with E-state index in [1.807, 2.05) is 48.6 Å². The monoisotopic (exact) mass is 431 g/mol. The van der Waals surface area contributed by atoms with E-state index in [1.165, 1.54) is 22.5 Å². The number of aromatic nitrogens is 1. The van der Waals surface area contributed by atoms with Crippen LogP contribution in [0.2, 0.25) is 0 Å². The van der Waals surface area contributed by atoms with Crippen LogP contribution < -0.4 is 15.2 Å². The van der Waals surface area contributed by atoms with Crippen molar-refractivity contribution < 1.29 is 14.6 Å². The van der Waals surface area contributed by atoms with Gasteiger partial charge in [-0.15, -0.1) is 0 Å². The van der Waals surface area contributed by atoms with Crippen LogP contribution in [-0.2, 0) is 6.42 Å². The first-order valence-electron chi connectivity index (χ1n) is 10.4. The van der Waals surface area contributed by atoms with E-state index >= 15 is 0 Å². The standard InChI is InChI=1S/C25H25N3O4/c1-26-18-27(25(31)23-24(30)21(29)13-15-28(23)26)14-7-8-16-32-22-12-6-5-11-20(22)17-19-9-3-2-4-10-19/h2-13,15,30H,14,16-18H2,1H3/b8-7-. The maximum absolute atomic E-state index is 12.8. The average molecular weight is 431 g/mol. The Labute approximate surface area is 186 Å². The van der Waals surface area contributed by atoms with E-state index < -0.39 is 17.1 Å². The fourth-order valence-electron chi connectivity index (χ4n) is 3.68. The predicted octanol–water partition coefficient (Wildman–Crippen LogP) is 2.76. The SMILES string of the molecule is CN1CN(C/C=C\COc2ccccc2Cc2ccccc2)C(=O)c2c(O)c(=O)ccn21. The van der Waals surface area contributed by atoms with E-state index in [1.54, 1.807) is 17.0 Å². The Bertz CT molecular complexity index is 1190. The van der Waals surface area contributed by atoms with Crippen LogP contribution in [0.4, 0.5) is 0 Å². The largest absolute Gasteiger partial charge is 0.502 e. The minimum atomic E-state index is -0.571. The van der Waals surface area contributed by atoms with E-state index in [2.05, 4.69) is 18.2 Å². The van der Waals surface area contributed by atoms with E-state index in [0.29, 0.717) is 19.8 Å². The van der Waals surface area contributed by atoms with Gasteiger partial charge in [-0.05, 0) is 23.3 Å². The first kappa shape index (κ1) is 21.2. The molecular weight excluding hydrogens is 406 g/mol. The number of fused-ring (bicyclic) bond motifs is 1. The van der Waals surface area contributed by atoms with E-state index in [4.69, 9.17) is 4.74 Å². The van der Waals surface area contributed by atoms with Crippen molar-refractivity contribution >= 4 is 5.91 Å². The lowest BCUT2D eigenvalue weighted by Crippen LogP contribution is -2.52. The fourth-order valence-corrected chi connectivity index (χ4v) is 3.68. The Morgan fingerprint density at radius 2 is 1.75 bits per heavy atom. The number of ether oxygens (including phenoxy) is 1. The average Bonchev–Trinajstić information content (AvgIpc) is 2.80. The molecule has 1 aliphatic rings. The van der Waals surface area contributed by atoms with Gasteiger partial charge in [0, 0.05) is 32.3 Å². The summed E-state index contributed by atoms with van der Waals surface area (Å²) in [5.41, 5.74) is 1.73. The number of carbonyl (C=O) groups is 1. The number of benzene rings is 2. The van der Waals surface area contributed by atoms with Gasteiger partial charge in [-0.25, -0.2) is 0 Å². The molecule has 1 amide bonds. The fraction of sp³-hybridized carbons (Fsp3) is 0.200. The molecule has 4 rings (SSSR count). The molecule has 164 valence electrons. The summed E-state index contributed by atoms with van der Waals surface area (Å²) in [6, 6.07) is 19.4. The molecule has 7 heteroatoms. The van der Waals surface area contributed by atoms with Crippen LogP contribution in [0.15, 0.2) is 83.8 Å². The number of pyridine rings is 1. The van der Waals surface area contributed by atoms with Crippen molar-refractivity contribution in [1.82, 2.24) is 9.58 Å². The lowest BCUT2D eigenvalue weighted by atomic mass is 10.0. The maximum atomic E-state index is 12.8. The summed E-state index contributed by atoms with van der Waals surface area (Å²) >= 11 is 0. The van der Waals surface area contributed by atoms with E-state index in [9.17, 15) is 14.7 Å². The molecule has 1 N–H and O–H groups in total. The van der Waals surface area contributed by atoms with Gasteiger partial charge in [-0.1, -0.05) is 54.6 Å². The zero-order chi connectivity index (χ0) is 22.5. The van der Waals surface area contributed by atoms with Crippen LogP contribution in [0, 0.1) is 0 Å². The minimum Gasteiger partial charge on any atom is -0.502 e. The minimum absolute atomic E-state index is 0.0225. The van der Waals surface area contributed by atoms with Gasteiger partial charge in [-0.3, -0.25) is 19.3 Å². The van der Waals surface area contributed by atoms with Crippen LogP contribution in [-0.4, -0.2) is 47.5 Å². The Kier molecular flexibility index (Phi) is 6.26. The predicted molar refractivity (Wildman–Crippen MR) is 123 cm³/mol. The summed E-state index contributed by atoms with van der Waals surface area (Å²) in [6.45, 7) is 1.03. The van der Waals surface area contributed by atoms with Crippen molar-refractivity contribution in [2.45, 2.75) is 6.42 Å². The van der Waals surface area contributed by atoms with Crippen LogP contribution in [0.3, 0.4) is 0 Å². The normalized spacial score (nSPS) is 13.5. The number of para-hydroxylation sites is 1. The molecule has 0 aliphatic carbocycles. The van der Waals surface area contributed by atoms with Crippen molar-refractivity contribution in [3.63, 3.8) is 0 Å². The van der Waals surface area contributed by atoms with Crippen molar-refractivity contribution in [1.29, 1.82) is 0 Å². The number of hydrogen-bond donors (Lipinski definition) is 1. The molecule has 0 bridgehead atoms. The van der Waals surface area contributed by atoms with Gasteiger partial charge in [0.1, 0.15) is 19.0 Å². The van der Waals surface area contributed by atoms with Gasteiger partial charge in [0.15, 0.2) is 11.4 Å². The molecule has 1 aromatic heterocycles. The van der Waals surface area contributed by atoms with Gasteiger partial charge in [0.05, 0.1) is 0 Å². The third-order valence-corrected chi connectivity index (χ3v) is 5.32. The summed E-state index contributed by atoms with van der Waals surface area (Å²) in [5.74, 6) is -0.0959. The zero-order valence-electron chi connectivity index (χ0n) is 17.8. The topological polar surface area (TPSA) is 75.0 Å². The smallest absolute Gasteiger partial charge is 0.278 e. The molecule has 32 heavy (non-hydrogen) atoms. The van der Waals surface area contributed by atoms with E-state index in [-0.39, 0.29) is 5.69 Å². The molecule has 1 aliphatic heterocycles. The molecule has 0 fully saturated rings. The van der Waals surface area contributed by atoms with E-state index in [0.717, 1.165) is 17.7 Å². The Morgan fingerprint density at radius 3 is 2.56 bits per heavy atom. The zero-order valence-corrected chi connectivity index (χ0v) is 17.8. The molecule has 0 spiro atoms. The second-order valence-electron chi connectivity index (χ2n) is 7.60. The summed E-state index contributed by atoms with van der Waals surface area (Å²) in [4.78, 5) is 26.0. The lowest BCUT2D eigenvalue weighted by Gasteiger charge is -2.36. The summed E-state index contributed by atoms with van der Waals surface area (Å²) < 4.78 is 7.44. The molecular formula is C25H25N3O4. The lowest BCUT2D eigenvalue weighted by molar-refractivity contribution is 0.0714. The number of rotatable bonds is 7. The molecule has 0 atom stereocenters. The number of amides is 1. The second-order valence-corrected chi connectivity index (χ2v) is 7.60. The molecule has 7 nitrogen and oxygen atoms in total. The first-order chi connectivity index (χ1) is 15.5. The van der Waals surface area contributed by atoms with Crippen LogP contribution in [0.5, 0.6) is 11.5 Å². The molecule has 2 aromatic carbocycles. The third kappa shape index (κ3) is 4.51. The Balaban J connectivity index is 1.37. The molecule has 0 saturated heterocycles. The number of aromatic hydroxyl groups is 1. The quantitative estimate of drug-likeness (QED) is 0.583. The van der Waals surface area contributed by atoms with Crippen LogP contribution in [0.25, 0.3) is 0 Å². The maximum Gasteiger partial charge on any atom is 0.278 e. The van der Waals surface area contributed by atoms with Gasteiger partial charge in [-0.2, -0.15) is 0 Å². The highest BCUT2D eigenvalue weighted by Crippen LogP contribution is 2.22. The van der Waals surface area contributed by atoms with Gasteiger partial charge < -0.3 is 14.7 Å². The highest BCUT2D eigenvalue weighted by atomic mass is 16.5. The highest BCUT2D eigenvalue weighted by molar-refractivity contribution is 5.96. The number of hydrogen-bond acceptors (Lipinski definition) is 5. The highest BCUT2D eigenvalue weighted by Gasteiger charge is 2.29. The van der Waals surface area contributed by atoms with Crippen LogP contribution >= 0.6 is 0 Å². The van der Waals surface area contributed by atoms with Gasteiger partial charge in [0.2, 0.25) is 5.43 Å².